The second kappa shape index (κ2) is 5.40. The average molecular weight is 280 g/mol. The Hall–Kier alpha value is -1.88. The molecule has 1 aromatic heterocycles. The molecule has 0 spiro atoms. The smallest absolute Gasteiger partial charge is 0.360 e. The first kappa shape index (κ1) is 13.5. The number of benzene rings is 1. The number of halogens is 1. The summed E-state index contributed by atoms with van der Waals surface area (Å²) >= 11 is 5.88. The van der Waals surface area contributed by atoms with Crippen LogP contribution in [0.15, 0.2) is 24.3 Å². The Morgan fingerprint density at radius 3 is 2.47 bits per heavy atom. The van der Waals surface area contributed by atoms with Crippen molar-refractivity contribution in [1.29, 1.82) is 0 Å². The van der Waals surface area contributed by atoms with Crippen LogP contribution in [0.1, 0.15) is 30.4 Å². The maximum atomic E-state index is 11.7. The van der Waals surface area contributed by atoms with E-state index in [2.05, 4.69) is 10.3 Å². The summed E-state index contributed by atoms with van der Waals surface area (Å²) in [7, 11) is 1.32. The molecule has 0 N–H and O–H groups in total. The van der Waals surface area contributed by atoms with Crippen LogP contribution < -0.4 is 0 Å². The Balaban J connectivity index is 2.61. The van der Waals surface area contributed by atoms with Gasteiger partial charge in [0.25, 0.3) is 0 Å². The van der Waals surface area contributed by atoms with Gasteiger partial charge < -0.3 is 4.74 Å². The van der Waals surface area contributed by atoms with Crippen LogP contribution in [0.2, 0.25) is 5.02 Å². The number of methoxy groups -OCH3 is 1. The summed E-state index contributed by atoms with van der Waals surface area (Å²) in [5.74, 6) is -0.503. The second-order valence-corrected chi connectivity index (χ2v) is 4.76. The number of esters is 1. The van der Waals surface area contributed by atoms with Gasteiger partial charge in [0.15, 0.2) is 5.69 Å². The molecule has 5 nitrogen and oxygen atoms in total. The van der Waals surface area contributed by atoms with Gasteiger partial charge in [-0.3, -0.25) is 0 Å². The lowest BCUT2D eigenvalue weighted by Crippen LogP contribution is -2.08. The molecular formula is C13H14ClN3O2. The molecule has 2 aromatic rings. The Bertz CT molecular complexity index is 590. The van der Waals surface area contributed by atoms with Crippen molar-refractivity contribution in [2.45, 2.75) is 19.9 Å². The van der Waals surface area contributed by atoms with Crippen LogP contribution in [0.4, 0.5) is 0 Å². The molecule has 2 rings (SSSR count). The standard InChI is InChI=1S/C13H14ClN3O2/c1-8(2)17-12(9-4-6-10(14)7-5-9)11(15-16-17)13(18)19-3/h4-8H,1-3H3. The fourth-order valence-electron chi connectivity index (χ4n) is 1.77. The Kier molecular flexibility index (Phi) is 3.85. The molecule has 0 saturated carbocycles. The van der Waals surface area contributed by atoms with Crippen LogP contribution in [-0.4, -0.2) is 28.1 Å². The first-order valence-electron chi connectivity index (χ1n) is 5.84. The van der Waals surface area contributed by atoms with E-state index in [4.69, 9.17) is 16.3 Å². The van der Waals surface area contributed by atoms with Crippen molar-refractivity contribution in [1.82, 2.24) is 15.0 Å². The predicted molar refractivity (Wildman–Crippen MR) is 72.2 cm³/mol. The summed E-state index contributed by atoms with van der Waals surface area (Å²) in [6, 6.07) is 7.25. The summed E-state index contributed by atoms with van der Waals surface area (Å²) in [6.07, 6.45) is 0. The molecule has 100 valence electrons. The predicted octanol–water partition coefficient (Wildman–Crippen LogP) is 2.97. The van der Waals surface area contributed by atoms with Crippen LogP contribution in [0, 0.1) is 0 Å². The molecule has 19 heavy (non-hydrogen) atoms. The normalized spacial score (nSPS) is 10.8. The zero-order valence-corrected chi connectivity index (χ0v) is 11.7. The molecule has 0 amide bonds. The van der Waals surface area contributed by atoms with E-state index in [9.17, 15) is 4.79 Å². The summed E-state index contributed by atoms with van der Waals surface area (Å²) in [6.45, 7) is 3.93. The van der Waals surface area contributed by atoms with Gasteiger partial charge in [-0.15, -0.1) is 5.10 Å². The van der Waals surface area contributed by atoms with E-state index in [0.29, 0.717) is 10.7 Å². The number of hydrogen-bond acceptors (Lipinski definition) is 4. The highest BCUT2D eigenvalue weighted by Gasteiger charge is 2.22. The van der Waals surface area contributed by atoms with Crippen LogP contribution >= 0.6 is 11.6 Å². The van der Waals surface area contributed by atoms with Crippen LogP contribution in [0.3, 0.4) is 0 Å². The molecule has 0 saturated heterocycles. The van der Waals surface area contributed by atoms with Crippen molar-refractivity contribution in [3.63, 3.8) is 0 Å². The fraction of sp³-hybridized carbons (Fsp3) is 0.308. The highest BCUT2D eigenvalue weighted by molar-refractivity contribution is 6.30. The van der Waals surface area contributed by atoms with Crippen LogP contribution in [0.25, 0.3) is 11.3 Å². The van der Waals surface area contributed by atoms with Gasteiger partial charge in [0.05, 0.1) is 7.11 Å². The number of ether oxygens (including phenoxy) is 1. The third-order valence-electron chi connectivity index (χ3n) is 2.68. The molecule has 0 aliphatic rings. The van der Waals surface area contributed by atoms with Crippen molar-refractivity contribution in [2.24, 2.45) is 0 Å². The molecule has 1 heterocycles. The van der Waals surface area contributed by atoms with Crippen molar-refractivity contribution in [3.8, 4) is 11.3 Å². The molecule has 0 aliphatic carbocycles. The molecular weight excluding hydrogens is 266 g/mol. The molecule has 0 fully saturated rings. The molecule has 0 aliphatic heterocycles. The van der Waals surface area contributed by atoms with E-state index in [1.165, 1.54) is 7.11 Å². The maximum absolute atomic E-state index is 11.7. The van der Waals surface area contributed by atoms with E-state index < -0.39 is 5.97 Å². The van der Waals surface area contributed by atoms with Crippen LogP contribution in [-0.2, 0) is 4.74 Å². The number of carbonyl (C=O) groups excluding carboxylic acids is 1. The fourth-order valence-corrected chi connectivity index (χ4v) is 1.89. The number of hydrogen-bond donors (Lipinski definition) is 0. The maximum Gasteiger partial charge on any atom is 0.360 e. The zero-order chi connectivity index (χ0) is 14.0. The minimum Gasteiger partial charge on any atom is -0.464 e. The van der Waals surface area contributed by atoms with E-state index in [1.54, 1.807) is 16.8 Å². The van der Waals surface area contributed by atoms with Gasteiger partial charge in [0.2, 0.25) is 0 Å². The van der Waals surface area contributed by atoms with Crippen molar-refractivity contribution in [2.75, 3.05) is 7.11 Å². The lowest BCUT2D eigenvalue weighted by molar-refractivity contribution is 0.0595. The first-order chi connectivity index (χ1) is 9.04. The average Bonchev–Trinajstić information content (AvgIpc) is 2.83. The number of nitrogens with zero attached hydrogens (tertiary/aromatic N) is 3. The van der Waals surface area contributed by atoms with Crippen LogP contribution in [0.5, 0.6) is 0 Å². The topological polar surface area (TPSA) is 57.0 Å². The lowest BCUT2D eigenvalue weighted by Gasteiger charge is -2.10. The van der Waals surface area contributed by atoms with Gasteiger partial charge in [0.1, 0.15) is 5.69 Å². The summed E-state index contributed by atoms with van der Waals surface area (Å²) in [5.41, 5.74) is 1.67. The van der Waals surface area contributed by atoms with Gasteiger partial charge in [-0.05, 0) is 26.0 Å². The number of aromatic nitrogens is 3. The number of rotatable bonds is 3. The molecule has 1 aromatic carbocycles. The number of carbonyl (C=O) groups is 1. The molecule has 0 radical (unpaired) electrons. The van der Waals surface area contributed by atoms with E-state index in [-0.39, 0.29) is 11.7 Å². The van der Waals surface area contributed by atoms with Gasteiger partial charge in [-0.2, -0.15) is 0 Å². The van der Waals surface area contributed by atoms with Gasteiger partial charge in [0, 0.05) is 16.6 Å². The van der Waals surface area contributed by atoms with Crippen molar-refractivity contribution in [3.05, 3.63) is 35.0 Å². The monoisotopic (exact) mass is 279 g/mol. The molecule has 0 unspecified atom stereocenters. The van der Waals surface area contributed by atoms with E-state index in [1.807, 2.05) is 26.0 Å². The first-order valence-corrected chi connectivity index (χ1v) is 6.21. The minimum absolute atomic E-state index is 0.0802. The quantitative estimate of drug-likeness (QED) is 0.811. The summed E-state index contributed by atoms with van der Waals surface area (Å²) in [5, 5.41) is 8.56. The lowest BCUT2D eigenvalue weighted by atomic mass is 10.1. The zero-order valence-electron chi connectivity index (χ0n) is 10.9. The summed E-state index contributed by atoms with van der Waals surface area (Å²) < 4.78 is 6.42. The second-order valence-electron chi connectivity index (χ2n) is 4.32. The Morgan fingerprint density at radius 2 is 1.95 bits per heavy atom. The Labute approximate surface area is 116 Å². The van der Waals surface area contributed by atoms with Gasteiger partial charge in [-0.25, -0.2) is 9.48 Å². The van der Waals surface area contributed by atoms with Gasteiger partial charge in [-0.1, -0.05) is 28.9 Å². The molecule has 0 bridgehead atoms. The third-order valence-corrected chi connectivity index (χ3v) is 2.93. The molecule has 6 heteroatoms. The van der Waals surface area contributed by atoms with E-state index in [0.717, 1.165) is 5.56 Å². The summed E-state index contributed by atoms with van der Waals surface area (Å²) in [4.78, 5) is 11.7. The SMILES string of the molecule is COC(=O)c1nnn(C(C)C)c1-c1ccc(Cl)cc1. The minimum atomic E-state index is -0.503. The van der Waals surface area contributed by atoms with Crippen molar-refractivity contribution < 1.29 is 9.53 Å². The molecule has 0 atom stereocenters. The van der Waals surface area contributed by atoms with E-state index >= 15 is 0 Å². The largest absolute Gasteiger partial charge is 0.464 e. The third kappa shape index (κ3) is 2.61. The van der Waals surface area contributed by atoms with Crippen molar-refractivity contribution >= 4 is 17.6 Å². The van der Waals surface area contributed by atoms with Gasteiger partial charge >= 0.3 is 5.97 Å². The highest BCUT2D eigenvalue weighted by Crippen LogP contribution is 2.26. The highest BCUT2D eigenvalue weighted by atomic mass is 35.5. The Morgan fingerprint density at radius 1 is 1.32 bits per heavy atom.